The summed E-state index contributed by atoms with van der Waals surface area (Å²) in [6.07, 6.45) is -82.8. The molecule has 30 saturated heterocycles. The van der Waals surface area contributed by atoms with Gasteiger partial charge in [0.2, 0.25) is 0 Å². The zero-order valence-electron chi connectivity index (χ0n) is 49.9. The van der Waals surface area contributed by atoms with Crippen molar-refractivity contribution in [1.82, 2.24) is 0 Å². The average Bonchev–Trinajstić information content (AvgIpc) is 0.782. The number of aliphatic carboxylic acids is 1. The Labute approximate surface area is 558 Å². The van der Waals surface area contributed by atoms with E-state index in [2.05, 4.69) is 0 Å². The van der Waals surface area contributed by atoms with Gasteiger partial charge in [-0.2, -0.15) is 0 Å². The van der Waals surface area contributed by atoms with E-state index in [-0.39, 0.29) is 29.6 Å². The predicted molar refractivity (Wildman–Crippen MR) is 281 cm³/mol. The van der Waals surface area contributed by atoms with Crippen molar-refractivity contribution in [3.05, 3.63) is 0 Å². The summed E-state index contributed by atoms with van der Waals surface area (Å²) in [7, 11) is 0. The fraction of sp³-hybridized carbons (Fsp3) is 0.980. The molecule has 0 spiro atoms. The van der Waals surface area contributed by atoms with Gasteiger partial charge in [-0.05, 0) is 6.92 Å². The molecule has 0 aromatic rings. The molecule has 1 unspecified atom stereocenters. The van der Waals surface area contributed by atoms with E-state index in [1.165, 1.54) is 6.92 Å². The van der Waals surface area contributed by atoms with Gasteiger partial charge in [0.25, 0.3) is 0 Å². The van der Waals surface area contributed by atoms with Crippen LogP contribution in [0.1, 0.15) is 6.92 Å². The van der Waals surface area contributed by atoms with Crippen LogP contribution >= 0.6 is 11.8 Å². The second-order valence-electron chi connectivity index (χ2n) is 23.6. The predicted octanol–water partition coefficient (Wildman–Crippen LogP) is -20.5. The molecule has 41 nitrogen and oxygen atoms in total. The second kappa shape index (κ2) is 34.0. The van der Waals surface area contributed by atoms with Crippen molar-refractivity contribution in [2.75, 3.05) is 52.0 Å². The van der Waals surface area contributed by atoms with Crippen LogP contribution < -0.4 is 34.7 Å². The molecule has 23 N–H and O–H groups in total. The number of rotatable bonds is 11. The van der Waals surface area contributed by atoms with E-state index >= 15 is 0 Å². The minimum atomic E-state index is -2.29. The van der Waals surface area contributed by atoms with Gasteiger partial charge in [0.05, 0.1) is 58.3 Å². The van der Waals surface area contributed by atoms with Crippen molar-refractivity contribution < 1.29 is 233 Å². The minimum absolute atomic E-state index is 0. The third-order valence-electron chi connectivity index (χ3n) is 17.6. The van der Waals surface area contributed by atoms with Crippen LogP contribution in [-0.4, -0.2) is 426 Å². The third kappa shape index (κ3) is 16.2. The smallest absolute Gasteiger partial charge is 0.549 e. The number of thioether (sulfide) groups is 1. The fourth-order valence-electron chi connectivity index (χ4n) is 12.2. The van der Waals surface area contributed by atoms with Gasteiger partial charge >= 0.3 is 29.6 Å². The molecule has 94 heavy (non-hydrogen) atoms. The molecule has 540 valence electrons. The molecule has 0 aliphatic carbocycles. The maximum Gasteiger partial charge on any atom is 1.00 e. The molecule has 30 rings (SSSR count). The molecule has 0 aromatic heterocycles. The number of ether oxygens (including phenoxy) is 16. The van der Waals surface area contributed by atoms with Crippen LogP contribution in [0, 0.1) is 0 Å². The molecule has 30 fully saturated rings. The number of aliphatic hydroxyl groups excluding tert-OH is 23. The van der Waals surface area contributed by atoms with E-state index in [0.717, 1.165) is 0 Å². The van der Waals surface area contributed by atoms with E-state index in [9.17, 15) is 127 Å². The summed E-state index contributed by atoms with van der Waals surface area (Å²) in [6.45, 7) is -6.49. The zero-order chi connectivity index (χ0) is 67.9. The summed E-state index contributed by atoms with van der Waals surface area (Å²) in [6, 6.07) is 0. The third-order valence-corrected chi connectivity index (χ3v) is 18.8. The largest absolute Gasteiger partial charge is 1.00 e. The van der Waals surface area contributed by atoms with E-state index in [1.807, 2.05) is 0 Å². The van der Waals surface area contributed by atoms with Gasteiger partial charge in [0, 0.05) is 11.0 Å². The summed E-state index contributed by atoms with van der Waals surface area (Å²) in [5, 5.41) is 267. The second-order valence-corrected chi connectivity index (χ2v) is 24.9. The average molecular weight is 1410 g/mol. The monoisotopic (exact) mass is 1410 g/mol. The molecule has 41 atom stereocenters. The van der Waals surface area contributed by atoms with Crippen molar-refractivity contribution in [2.45, 2.75) is 258 Å². The van der Waals surface area contributed by atoms with Crippen LogP contribution in [0.2, 0.25) is 0 Å². The summed E-state index contributed by atoms with van der Waals surface area (Å²) in [4.78, 5) is 11.8. The first-order chi connectivity index (χ1) is 44.2. The Morgan fingerprint density at radius 3 is 0.553 bits per heavy atom. The number of carbonyl (C=O) groups excluding carboxylic acids is 1. The molecule has 43 heteroatoms. The van der Waals surface area contributed by atoms with Crippen LogP contribution in [0.3, 0.4) is 0 Å². The number of carbonyl (C=O) groups is 1. The number of carboxylic acids is 1. The van der Waals surface area contributed by atoms with Crippen LogP contribution in [0.15, 0.2) is 0 Å². The van der Waals surface area contributed by atoms with Crippen LogP contribution in [0.4, 0.5) is 0 Å². The fourth-order valence-corrected chi connectivity index (χ4v) is 13.1. The maximum atomic E-state index is 11.8. The standard InChI is InChI=1S/C51H84O41S.Na/c1-10(43(75)76)93-9-18-42-26(66)34(74)51(84-18)91-41-17(8-58)82-49(32(72)24(41)64)89-39-15(6-56)80-47(30(70)22(39)62)87-37-13(4-54)78-45(28(68)20(37)60)85-35-11(2-52)77-44(27(67)19(35)59)86-36-12(3-53)79-46(29(69)21(36)61)88-38-14(5-55)81-48(31(71)23(38)63)90-40-16(7-57)83-50(92-42)33(73)25(40)65;/h10-42,44-74H,2-9H2,1H3,(H,75,76);/q;+1/p-1/t10?,11-,12-,13-,14-,15-,16-,17-,18-,19-,20-,21-,22-,23-,24-,25-,26-,27-,28-,29-,30-,31-,32-,33-,34-,35-,36-,37-,38-,39-,40-,41-,42-,44-,45-,46-,47-,48-,49-,50-,51-;/m1./s1. The van der Waals surface area contributed by atoms with Gasteiger partial charge in [-0.3, -0.25) is 0 Å². The van der Waals surface area contributed by atoms with Gasteiger partial charge < -0.3 is 203 Å². The SMILES string of the molecule is CC(SC[C@H]1O[C@@H]2O[C@H]3[C@H](O)[C@@H](O)[C@@H](O[C@H]4[C@H](O)[C@@H](O)[C@@H](O[C@H]5[C@H](O)[C@@H](O)[C@@H](O[C@H]6[C@H](O)[C@@H](O)[C@@H](O[C@H]7[C@H](O)[C@@H](O)[C@@H](O[C@H]8[C@H](O)[C@@H](O)[C@@H](O[C@H]9[C@H](O)[C@@H](O)[C@@H](O[C@H]1[C@H](O)[C@H]2O)O[C@@H]9CO)O[C@@H]8CO)O[C@@H]7CO)O[C@@H]6CO)O[C@@H]5CO)O[C@@H]4CO)O[C@@H]3CO)C(=O)[O-].[Na+]. The maximum absolute atomic E-state index is 11.8. The van der Waals surface area contributed by atoms with E-state index < -0.39 is 309 Å². The number of hydrogen-bond acceptors (Lipinski definition) is 42. The minimum Gasteiger partial charge on any atom is -0.549 e. The first-order valence-electron chi connectivity index (χ1n) is 29.6. The van der Waals surface area contributed by atoms with E-state index in [0.29, 0.717) is 11.8 Å². The Morgan fingerprint density at radius 1 is 0.277 bits per heavy atom. The first kappa shape index (κ1) is 79.0. The molecule has 0 radical (unpaired) electrons. The van der Waals surface area contributed by atoms with Gasteiger partial charge in [0.15, 0.2) is 50.3 Å². The summed E-state index contributed by atoms with van der Waals surface area (Å²) in [5.41, 5.74) is 0. The van der Waals surface area contributed by atoms with Crippen LogP contribution in [0.5, 0.6) is 0 Å². The number of carboxylic acid groups (broad SMARTS) is 1. The topological polar surface area (TPSA) is 653 Å². The first-order valence-corrected chi connectivity index (χ1v) is 30.7. The molecule has 30 heterocycles. The molecule has 0 aromatic carbocycles. The summed E-state index contributed by atoms with van der Waals surface area (Å²) < 4.78 is 92.0. The zero-order valence-corrected chi connectivity index (χ0v) is 52.7. The number of aliphatic hydroxyl groups is 23. The molecule has 30 aliphatic rings. The van der Waals surface area contributed by atoms with Gasteiger partial charge in [-0.1, -0.05) is 0 Å². The van der Waals surface area contributed by atoms with Crippen molar-refractivity contribution in [2.24, 2.45) is 0 Å². The van der Waals surface area contributed by atoms with Gasteiger partial charge in [-0.15, -0.1) is 11.8 Å². The van der Waals surface area contributed by atoms with Crippen molar-refractivity contribution in [1.29, 1.82) is 0 Å². The van der Waals surface area contributed by atoms with E-state index in [1.54, 1.807) is 0 Å². The molecule has 0 saturated carbocycles. The van der Waals surface area contributed by atoms with Crippen molar-refractivity contribution in [3.8, 4) is 0 Å². The summed E-state index contributed by atoms with van der Waals surface area (Å²) in [5.74, 6) is -2.08. The molecular formula is C51H83NaO41S. The Morgan fingerprint density at radius 2 is 0.415 bits per heavy atom. The van der Waals surface area contributed by atoms with Crippen molar-refractivity contribution in [3.63, 3.8) is 0 Å². The van der Waals surface area contributed by atoms with Crippen LogP contribution in [0.25, 0.3) is 0 Å². The molecule has 16 bridgehead atoms. The van der Waals surface area contributed by atoms with Crippen LogP contribution in [-0.2, 0) is 80.6 Å². The molecule has 0 amide bonds. The Hall–Kier alpha value is -0.740. The summed E-state index contributed by atoms with van der Waals surface area (Å²) >= 11 is 0.621. The Balaban J connectivity index is 0.0000113. The van der Waals surface area contributed by atoms with Gasteiger partial charge in [0.1, 0.15) is 189 Å². The molecule has 30 aliphatic heterocycles. The Bertz CT molecular complexity index is 2320. The van der Waals surface area contributed by atoms with Crippen molar-refractivity contribution >= 4 is 17.7 Å². The Kier molecular flexibility index (Phi) is 28.6. The number of hydrogen-bond donors (Lipinski definition) is 23. The normalized spacial score (nSPS) is 52.8. The van der Waals surface area contributed by atoms with E-state index in [4.69, 9.17) is 75.8 Å². The molecular weight excluding hydrogens is 1320 g/mol. The quantitative estimate of drug-likeness (QED) is 0.0854. The van der Waals surface area contributed by atoms with Gasteiger partial charge in [-0.25, -0.2) is 0 Å².